The maximum absolute atomic E-state index is 2.84. The van der Waals surface area contributed by atoms with Crippen LogP contribution in [0.15, 0.2) is 182 Å². The van der Waals surface area contributed by atoms with Crippen LogP contribution >= 0.6 is 0 Å². The quantitative estimate of drug-likeness (QED) is 0.125. The third-order valence-electron chi connectivity index (χ3n) is 27.3. The summed E-state index contributed by atoms with van der Waals surface area (Å²) < 4.78 is 0. The molecule has 11 aromatic rings. The van der Waals surface area contributed by atoms with Gasteiger partial charge < -0.3 is 9.80 Å². The van der Waals surface area contributed by atoms with E-state index in [9.17, 15) is 0 Å². The molecule has 0 fully saturated rings. The minimum Gasteiger partial charge on any atom is -0.311 e. The Kier molecular flexibility index (Phi) is 12.3. The zero-order valence-corrected chi connectivity index (χ0v) is 61.0. The average Bonchev–Trinajstić information content (AvgIpc) is 0.654. The van der Waals surface area contributed by atoms with E-state index in [1.54, 1.807) is 0 Å². The van der Waals surface area contributed by atoms with Crippen LogP contribution in [0.2, 0.25) is 0 Å². The molecule has 0 aromatic heterocycles. The first-order chi connectivity index (χ1) is 46.5. The molecule has 0 saturated heterocycles. The molecule has 0 atom stereocenters. The lowest BCUT2D eigenvalue weighted by Gasteiger charge is -2.50. The molecule has 0 bridgehead atoms. The van der Waals surface area contributed by atoms with Crippen molar-refractivity contribution in [2.45, 2.75) is 205 Å². The van der Waals surface area contributed by atoms with E-state index in [-0.39, 0.29) is 56.7 Å². The summed E-state index contributed by atoms with van der Waals surface area (Å²) in [7, 11) is 0. The maximum Gasteiger partial charge on any atom is 0.248 e. The van der Waals surface area contributed by atoms with Crippen molar-refractivity contribution in [1.29, 1.82) is 0 Å². The standard InChI is InChI=1S/C94H94B2N2/c1-87(2)37-39-89(5,6)66-48-60(33-35-64(66)87)97-76-52-70-68(91(9,10)41-43-93(70,13)14)50-74(76)95-72-31-23-29-62-80(59-46-57(55-25-19-17-20-26-55)45-58(47-59)56-27-21-18-22-28-56)63-30-24-32-73-82(63)83(81(62)72)84-85(95)78(97)54-79-86(84)96(73)75-51-69-71(94(15,16)44-42-92(69,11)12)53-77(75)98(79)61-34-36-65-67(49-61)90(7,8)40-38-88(65,3)4/h17-36,45-54H,37-44H2,1-16H3. The second-order valence-corrected chi connectivity index (χ2v) is 36.9. The highest BCUT2D eigenvalue weighted by Crippen LogP contribution is 2.58. The first-order valence-electron chi connectivity index (χ1n) is 37.3. The predicted molar refractivity (Wildman–Crippen MR) is 423 cm³/mol. The van der Waals surface area contributed by atoms with Crippen LogP contribution in [0.25, 0.3) is 66.1 Å². The third kappa shape index (κ3) is 8.30. The summed E-state index contributed by atoms with van der Waals surface area (Å²) >= 11 is 0. The van der Waals surface area contributed by atoms with Crippen LogP contribution in [0.1, 0.15) is 207 Å². The van der Waals surface area contributed by atoms with Gasteiger partial charge in [-0.2, -0.15) is 0 Å². The van der Waals surface area contributed by atoms with Crippen molar-refractivity contribution in [2.24, 2.45) is 0 Å². The number of rotatable bonds is 5. The van der Waals surface area contributed by atoms with Gasteiger partial charge in [-0.1, -0.05) is 243 Å². The topological polar surface area (TPSA) is 6.48 Å². The smallest absolute Gasteiger partial charge is 0.248 e. The van der Waals surface area contributed by atoms with Gasteiger partial charge in [0.25, 0.3) is 0 Å². The Morgan fingerprint density at radius 3 is 0.959 bits per heavy atom. The molecule has 4 heteroatoms. The van der Waals surface area contributed by atoms with E-state index in [0.29, 0.717) is 0 Å². The minimum atomic E-state index is -0.0523. The molecule has 0 spiro atoms. The average molecular weight is 1270 g/mol. The van der Waals surface area contributed by atoms with Gasteiger partial charge in [-0.15, -0.1) is 0 Å². The van der Waals surface area contributed by atoms with Gasteiger partial charge in [0.1, 0.15) is 0 Å². The monoisotopic (exact) mass is 1270 g/mol. The van der Waals surface area contributed by atoms with E-state index in [1.165, 1.54) is 190 Å². The summed E-state index contributed by atoms with van der Waals surface area (Å²) in [6, 6.07) is 74.2. The number of benzene rings is 11. The zero-order chi connectivity index (χ0) is 67.7. The van der Waals surface area contributed by atoms with Crippen LogP contribution in [0.4, 0.5) is 34.1 Å². The van der Waals surface area contributed by atoms with Crippen LogP contribution in [0.3, 0.4) is 0 Å². The summed E-state index contributed by atoms with van der Waals surface area (Å²) in [4.78, 5) is 5.68. The molecule has 0 N–H and O–H groups in total. The second kappa shape index (κ2) is 19.8. The van der Waals surface area contributed by atoms with Gasteiger partial charge in [-0.25, -0.2) is 0 Å². The molecule has 0 radical (unpaired) electrons. The summed E-state index contributed by atoms with van der Waals surface area (Å²) in [5, 5.41) is 5.51. The van der Waals surface area contributed by atoms with Crippen LogP contribution in [0, 0.1) is 0 Å². The molecule has 0 unspecified atom stereocenters. The Bertz CT molecular complexity index is 5040. The summed E-state index contributed by atoms with van der Waals surface area (Å²) in [6.07, 6.45) is 9.28. The highest BCUT2D eigenvalue weighted by atomic mass is 15.2. The van der Waals surface area contributed by atoms with E-state index in [0.717, 1.165) is 38.5 Å². The number of anilines is 6. The number of fused-ring (bicyclic) bond motifs is 10. The Labute approximate surface area is 584 Å². The largest absolute Gasteiger partial charge is 0.311 e. The van der Waals surface area contributed by atoms with Gasteiger partial charge in [0.2, 0.25) is 13.4 Å². The van der Waals surface area contributed by atoms with E-state index in [2.05, 4.69) is 303 Å². The summed E-state index contributed by atoms with van der Waals surface area (Å²) in [6.45, 7) is 40.2. The van der Waals surface area contributed by atoms with Crippen molar-refractivity contribution in [2.75, 3.05) is 9.80 Å². The Balaban J connectivity index is 1.02. The molecule has 4 aliphatic heterocycles. The molecule has 19 rings (SSSR count). The molecule has 2 nitrogen and oxygen atoms in total. The molecule has 98 heavy (non-hydrogen) atoms. The third-order valence-corrected chi connectivity index (χ3v) is 27.3. The molecule has 4 heterocycles. The van der Waals surface area contributed by atoms with Crippen molar-refractivity contribution in [3.63, 3.8) is 0 Å². The lowest BCUT2D eigenvalue weighted by Crippen LogP contribution is -2.66. The van der Waals surface area contributed by atoms with Crippen LogP contribution in [-0.4, -0.2) is 13.4 Å². The first kappa shape index (κ1) is 60.8. The fraction of sp³-hybridized carbons (Fsp3) is 0.340. The molecule has 486 valence electrons. The number of hydrogen-bond acceptors (Lipinski definition) is 2. The molecule has 4 aliphatic carbocycles. The van der Waals surface area contributed by atoms with Gasteiger partial charge in [-0.05, 0) is 288 Å². The Morgan fingerprint density at radius 2 is 0.582 bits per heavy atom. The minimum absolute atomic E-state index is 0.00802. The van der Waals surface area contributed by atoms with E-state index < -0.39 is 0 Å². The van der Waals surface area contributed by atoms with Crippen LogP contribution in [-0.2, 0) is 43.3 Å². The number of hydrogen-bond donors (Lipinski definition) is 0. The highest BCUT2D eigenvalue weighted by molar-refractivity contribution is 7.05. The predicted octanol–water partition coefficient (Wildman–Crippen LogP) is 21.3. The normalized spacial score (nSPS) is 20.1. The Morgan fingerprint density at radius 1 is 0.245 bits per heavy atom. The van der Waals surface area contributed by atoms with Gasteiger partial charge in [0, 0.05) is 34.1 Å². The van der Waals surface area contributed by atoms with Gasteiger partial charge in [0.05, 0.1) is 0 Å². The highest BCUT2D eigenvalue weighted by Gasteiger charge is 2.53. The molecule has 0 amide bonds. The fourth-order valence-electron chi connectivity index (χ4n) is 21.0. The van der Waals surface area contributed by atoms with Crippen molar-refractivity contribution < 1.29 is 0 Å². The van der Waals surface area contributed by atoms with Gasteiger partial charge in [0.15, 0.2) is 0 Å². The molecule has 0 saturated carbocycles. The lowest BCUT2D eigenvalue weighted by molar-refractivity contribution is 0.332. The molecular formula is C94H94B2N2. The van der Waals surface area contributed by atoms with Crippen LogP contribution < -0.4 is 42.6 Å². The van der Waals surface area contributed by atoms with E-state index >= 15 is 0 Å². The van der Waals surface area contributed by atoms with Crippen LogP contribution in [0.5, 0.6) is 0 Å². The molecular weight excluding hydrogens is 1180 g/mol. The Hall–Kier alpha value is -8.33. The second-order valence-electron chi connectivity index (χ2n) is 36.9. The van der Waals surface area contributed by atoms with Crippen molar-refractivity contribution in [3.05, 3.63) is 226 Å². The molecule has 8 aliphatic rings. The number of nitrogens with zero attached hydrogens (tertiary/aromatic N) is 2. The fourth-order valence-corrected chi connectivity index (χ4v) is 21.0. The zero-order valence-electron chi connectivity index (χ0n) is 61.0. The summed E-state index contributed by atoms with van der Waals surface area (Å²) in [5.41, 5.74) is 39.1. The lowest BCUT2D eigenvalue weighted by atomic mass is 9.26. The summed E-state index contributed by atoms with van der Waals surface area (Å²) in [5.74, 6) is 0. The van der Waals surface area contributed by atoms with Crippen molar-refractivity contribution in [1.82, 2.24) is 0 Å². The SMILES string of the molecule is CC1(C)CCC(C)(C)c2cc(N3c4cc5c(cc4B4c6c3cc3c7c6-c6c8c4cccc8c(-c4cc(-c8ccccc8)cc(-c8ccccc8)c4)c4cccc(c64)B7c4cc6c(cc4N3c3ccc4c(c3)C(C)(C)CCC4(C)C)C(C)(C)CCC6(C)C)C(C)(C)CCC5(C)C)ccc21. The maximum atomic E-state index is 2.84. The van der Waals surface area contributed by atoms with Crippen molar-refractivity contribution >= 4 is 102 Å². The molecule has 11 aromatic carbocycles. The van der Waals surface area contributed by atoms with Gasteiger partial charge in [-0.3, -0.25) is 0 Å². The van der Waals surface area contributed by atoms with Crippen molar-refractivity contribution in [3.8, 4) is 44.5 Å². The van der Waals surface area contributed by atoms with E-state index in [1.807, 2.05) is 0 Å². The first-order valence-corrected chi connectivity index (χ1v) is 37.3. The van der Waals surface area contributed by atoms with Gasteiger partial charge >= 0.3 is 0 Å². The van der Waals surface area contributed by atoms with E-state index in [4.69, 9.17) is 0 Å².